The van der Waals surface area contributed by atoms with Crippen LogP contribution in [0.2, 0.25) is 5.02 Å². The Balaban J connectivity index is 1.84. The molecule has 0 aromatic heterocycles. The van der Waals surface area contributed by atoms with Gasteiger partial charge in [0.1, 0.15) is 18.1 Å². The van der Waals surface area contributed by atoms with Crippen molar-refractivity contribution in [1.29, 1.82) is 0 Å². The molecule has 134 valence electrons. The van der Waals surface area contributed by atoms with Gasteiger partial charge >= 0.3 is 0 Å². The van der Waals surface area contributed by atoms with Crippen molar-refractivity contribution < 1.29 is 14.3 Å². The highest BCUT2D eigenvalue weighted by Crippen LogP contribution is 2.19. The van der Waals surface area contributed by atoms with Gasteiger partial charge in [-0.1, -0.05) is 42.3 Å². The Morgan fingerprint density at radius 3 is 2.52 bits per heavy atom. The van der Waals surface area contributed by atoms with Gasteiger partial charge in [-0.05, 0) is 50.6 Å². The topological polar surface area (TPSA) is 47.6 Å². The molecule has 1 N–H and O–H groups in total. The van der Waals surface area contributed by atoms with Crippen LogP contribution in [0, 0.1) is 6.92 Å². The maximum absolute atomic E-state index is 12.4. The average Bonchev–Trinajstić information content (AvgIpc) is 2.59. The minimum absolute atomic E-state index is 0.134. The third-order valence-corrected chi connectivity index (χ3v) is 3.88. The van der Waals surface area contributed by atoms with E-state index < -0.39 is 6.10 Å². The van der Waals surface area contributed by atoms with Gasteiger partial charge in [0.2, 0.25) is 0 Å². The molecule has 2 aromatic rings. The summed E-state index contributed by atoms with van der Waals surface area (Å²) in [6.45, 7) is 6.22. The third kappa shape index (κ3) is 6.31. The van der Waals surface area contributed by atoms with E-state index >= 15 is 0 Å². The highest BCUT2D eigenvalue weighted by molar-refractivity contribution is 6.30. The van der Waals surface area contributed by atoms with Gasteiger partial charge in [-0.3, -0.25) is 4.79 Å². The van der Waals surface area contributed by atoms with Crippen molar-refractivity contribution in [2.75, 3.05) is 6.61 Å². The second kappa shape index (κ2) is 9.33. The third-order valence-electron chi connectivity index (χ3n) is 3.65. The lowest BCUT2D eigenvalue weighted by atomic mass is 10.2. The molecule has 25 heavy (non-hydrogen) atoms. The minimum Gasteiger partial charge on any atom is -0.491 e. The van der Waals surface area contributed by atoms with Gasteiger partial charge in [0.15, 0.2) is 6.10 Å². The number of carbonyl (C=O) groups excluding carboxylic acids is 1. The monoisotopic (exact) mass is 361 g/mol. The Morgan fingerprint density at radius 2 is 1.88 bits per heavy atom. The van der Waals surface area contributed by atoms with Crippen molar-refractivity contribution in [3.63, 3.8) is 0 Å². The zero-order valence-corrected chi connectivity index (χ0v) is 15.5. The quantitative estimate of drug-likeness (QED) is 0.758. The molecule has 2 aromatic carbocycles. The Kier molecular flexibility index (Phi) is 7.14. The van der Waals surface area contributed by atoms with E-state index in [0.29, 0.717) is 23.8 Å². The van der Waals surface area contributed by atoms with E-state index in [4.69, 9.17) is 21.1 Å². The zero-order valence-electron chi connectivity index (χ0n) is 14.8. The molecular formula is C20H24ClNO3. The summed E-state index contributed by atoms with van der Waals surface area (Å²) in [5, 5.41) is 3.50. The van der Waals surface area contributed by atoms with Crippen LogP contribution >= 0.6 is 11.6 Å². The molecule has 2 atom stereocenters. The minimum atomic E-state index is -0.569. The predicted molar refractivity (Wildman–Crippen MR) is 100 cm³/mol. The molecule has 0 unspecified atom stereocenters. The normalized spacial score (nSPS) is 13.0. The fraction of sp³-hybridized carbons (Fsp3) is 0.350. The van der Waals surface area contributed by atoms with Gasteiger partial charge in [-0.2, -0.15) is 0 Å². The number of ether oxygens (including phenoxy) is 2. The fourth-order valence-corrected chi connectivity index (χ4v) is 2.44. The molecule has 1 amide bonds. The summed E-state index contributed by atoms with van der Waals surface area (Å²) in [6, 6.07) is 14.7. The summed E-state index contributed by atoms with van der Waals surface area (Å²) < 4.78 is 11.4. The molecule has 0 aliphatic carbocycles. The summed E-state index contributed by atoms with van der Waals surface area (Å²) in [5.74, 6) is 1.20. The number of aryl methyl sites for hydroxylation is 1. The number of hydrogen-bond acceptors (Lipinski definition) is 3. The first-order chi connectivity index (χ1) is 12.0. The number of amides is 1. The smallest absolute Gasteiger partial charge is 0.261 e. The summed E-state index contributed by atoms with van der Waals surface area (Å²) >= 11 is 5.95. The van der Waals surface area contributed by atoms with E-state index in [1.54, 1.807) is 24.3 Å². The molecule has 0 spiro atoms. The lowest BCUT2D eigenvalue weighted by molar-refractivity contribution is -0.128. The van der Waals surface area contributed by atoms with Crippen molar-refractivity contribution in [3.05, 3.63) is 59.1 Å². The van der Waals surface area contributed by atoms with Crippen LogP contribution in [0.5, 0.6) is 11.5 Å². The van der Waals surface area contributed by atoms with E-state index in [0.717, 1.165) is 5.75 Å². The molecule has 0 saturated heterocycles. The lowest BCUT2D eigenvalue weighted by Gasteiger charge is -2.21. The summed E-state index contributed by atoms with van der Waals surface area (Å²) in [6.07, 6.45) is -0.00976. The largest absolute Gasteiger partial charge is 0.491 e. The summed E-state index contributed by atoms with van der Waals surface area (Å²) in [4.78, 5) is 12.4. The molecular weight excluding hydrogens is 338 g/mol. The van der Waals surface area contributed by atoms with E-state index in [9.17, 15) is 4.79 Å². The first-order valence-corrected chi connectivity index (χ1v) is 8.77. The molecule has 4 nitrogen and oxygen atoms in total. The first kappa shape index (κ1) is 19.1. The van der Waals surface area contributed by atoms with E-state index in [2.05, 4.69) is 5.32 Å². The van der Waals surface area contributed by atoms with Crippen LogP contribution in [0.3, 0.4) is 0 Å². The Hall–Kier alpha value is -2.20. The molecule has 5 heteroatoms. The van der Waals surface area contributed by atoms with Crippen molar-refractivity contribution >= 4 is 17.5 Å². The van der Waals surface area contributed by atoms with Gasteiger partial charge in [0, 0.05) is 5.02 Å². The highest BCUT2D eigenvalue weighted by atomic mass is 35.5. The van der Waals surface area contributed by atoms with Gasteiger partial charge in [-0.25, -0.2) is 0 Å². The second-order valence-corrected chi connectivity index (χ2v) is 6.44. The van der Waals surface area contributed by atoms with Crippen molar-refractivity contribution in [2.45, 2.75) is 39.3 Å². The zero-order chi connectivity index (χ0) is 18.2. The molecule has 0 aliphatic heterocycles. The molecule has 0 saturated carbocycles. The Labute approximate surface area is 154 Å². The van der Waals surface area contributed by atoms with Crippen LogP contribution in [0.15, 0.2) is 48.5 Å². The first-order valence-electron chi connectivity index (χ1n) is 8.40. The Bertz CT molecular complexity index is 688. The maximum Gasteiger partial charge on any atom is 0.261 e. The average molecular weight is 362 g/mol. The van der Waals surface area contributed by atoms with E-state index in [-0.39, 0.29) is 11.9 Å². The van der Waals surface area contributed by atoms with E-state index in [1.807, 2.05) is 45.0 Å². The maximum atomic E-state index is 12.4. The fourth-order valence-electron chi connectivity index (χ4n) is 2.26. The summed E-state index contributed by atoms with van der Waals surface area (Å²) in [7, 11) is 0. The Morgan fingerprint density at radius 1 is 1.16 bits per heavy atom. The van der Waals surface area contributed by atoms with Crippen LogP contribution in [-0.4, -0.2) is 24.7 Å². The number of carbonyl (C=O) groups is 1. The lowest BCUT2D eigenvalue weighted by Crippen LogP contribution is -2.44. The van der Waals surface area contributed by atoms with Crippen LogP contribution < -0.4 is 14.8 Å². The molecule has 0 aliphatic rings. The molecule has 0 radical (unpaired) electrons. The number of halogens is 1. The molecule has 0 heterocycles. The van der Waals surface area contributed by atoms with Crippen LogP contribution in [-0.2, 0) is 4.79 Å². The van der Waals surface area contributed by atoms with Crippen molar-refractivity contribution in [2.24, 2.45) is 0 Å². The van der Waals surface area contributed by atoms with Gasteiger partial charge in [0.05, 0.1) is 6.04 Å². The number of hydrogen-bond donors (Lipinski definition) is 1. The molecule has 0 bridgehead atoms. The number of rotatable bonds is 8. The van der Waals surface area contributed by atoms with Gasteiger partial charge < -0.3 is 14.8 Å². The van der Waals surface area contributed by atoms with Crippen LogP contribution in [0.4, 0.5) is 0 Å². The van der Waals surface area contributed by atoms with Crippen molar-refractivity contribution in [1.82, 2.24) is 5.32 Å². The SMILES string of the molecule is CC[C@H](Oc1cccc(Cl)c1)C(=O)N[C@H](C)COc1ccc(C)cc1. The standard InChI is InChI=1S/C20H24ClNO3/c1-4-19(25-18-7-5-6-16(21)12-18)20(23)22-15(3)13-24-17-10-8-14(2)9-11-17/h5-12,15,19H,4,13H2,1-3H3,(H,22,23)/t15-,19+/m1/s1. The molecule has 2 rings (SSSR count). The summed E-state index contributed by atoms with van der Waals surface area (Å²) in [5.41, 5.74) is 1.18. The second-order valence-electron chi connectivity index (χ2n) is 6.01. The van der Waals surface area contributed by atoms with Crippen LogP contribution in [0.25, 0.3) is 0 Å². The number of nitrogens with one attached hydrogen (secondary N) is 1. The van der Waals surface area contributed by atoms with E-state index in [1.165, 1.54) is 5.56 Å². The van der Waals surface area contributed by atoms with Crippen molar-refractivity contribution in [3.8, 4) is 11.5 Å². The molecule has 0 fully saturated rings. The van der Waals surface area contributed by atoms with Gasteiger partial charge in [0.25, 0.3) is 5.91 Å². The predicted octanol–water partition coefficient (Wildman–Crippen LogP) is 4.39. The highest BCUT2D eigenvalue weighted by Gasteiger charge is 2.20. The number of benzene rings is 2. The van der Waals surface area contributed by atoms with Gasteiger partial charge in [-0.15, -0.1) is 0 Å². The van der Waals surface area contributed by atoms with Crippen LogP contribution in [0.1, 0.15) is 25.8 Å².